The van der Waals surface area contributed by atoms with Gasteiger partial charge in [-0.2, -0.15) is 0 Å². The van der Waals surface area contributed by atoms with Gasteiger partial charge in [-0.3, -0.25) is 4.79 Å². The maximum absolute atomic E-state index is 12.1. The molecule has 20 heavy (non-hydrogen) atoms. The number of carbonyl (C=O) groups excluding carboxylic acids is 1. The SMILES string of the molecule is C=CCc1c(O)ccc2c1CCC(=O)N2CC=C(C)C. The summed E-state index contributed by atoms with van der Waals surface area (Å²) in [6, 6.07) is 3.51. The normalized spacial score (nSPS) is 13.9. The van der Waals surface area contributed by atoms with Crippen LogP contribution in [0.25, 0.3) is 0 Å². The number of aromatic hydroxyl groups is 1. The second-order valence-electron chi connectivity index (χ2n) is 5.34. The van der Waals surface area contributed by atoms with Gasteiger partial charge < -0.3 is 10.0 Å². The number of hydrogen-bond acceptors (Lipinski definition) is 2. The van der Waals surface area contributed by atoms with Gasteiger partial charge in [0, 0.05) is 24.2 Å². The lowest BCUT2D eigenvalue weighted by Crippen LogP contribution is -2.35. The van der Waals surface area contributed by atoms with Gasteiger partial charge in [0.1, 0.15) is 5.75 Å². The monoisotopic (exact) mass is 271 g/mol. The molecular formula is C17H21NO2. The van der Waals surface area contributed by atoms with E-state index in [1.165, 1.54) is 5.57 Å². The van der Waals surface area contributed by atoms with E-state index in [2.05, 4.69) is 6.58 Å². The van der Waals surface area contributed by atoms with Crippen LogP contribution in [-0.2, 0) is 17.6 Å². The van der Waals surface area contributed by atoms with Crippen LogP contribution in [0.3, 0.4) is 0 Å². The van der Waals surface area contributed by atoms with E-state index < -0.39 is 0 Å². The van der Waals surface area contributed by atoms with Crippen LogP contribution >= 0.6 is 0 Å². The standard InChI is InChI=1S/C17H21NO2/c1-4-5-14-13-6-9-17(20)18(11-10-12(2)3)15(13)7-8-16(14)19/h4,7-8,10,19H,1,5-6,9,11H2,2-3H3. The third-order valence-electron chi connectivity index (χ3n) is 3.59. The Labute approximate surface area is 120 Å². The number of hydrogen-bond donors (Lipinski definition) is 1. The van der Waals surface area contributed by atoms with Crippen molar-refractivity contribution in [3.63, 3.8) is 0 Å². The molecule has 0 aliphatic carbocycles. The highest BCUT2D eigenvalue weighted by Gasteiger charge is 2.26. The van der Waals surface area contributed by atoms with Gasteiger partial charge in [-0.1, -0.05) is 17.7 Å². The minimum absolute atomic E-state index is 0.144. The second kappa shape index (κ2) is 5.95. The number of amides is 1. The lowest BCUT2D eigenvalue weighted by molar-refractivity contribution is -0.118. The van der Waals surface area contributed by atoms with Crippen LogP contribution in [0.4, 0.5) is 5.69 Å². The molecule has 3 heteroatoms. The van der Waals surface area contributed by atoms with Crippen LogP contribution in [-0.4, -0.2) is 17.6 Å². The minimum Gasteiger partial charge on any atom is -0.508 e. The predicted molar refractivity (Wildman–Crippen MR) is 82.1 cm³/mol. The van der Waals surface area contributed by atoms with Crippen LogP contribution in [0, 0.1) is 0 Å². The van der Waals surface area contributed by atoms with Crippen molar-refractivity contribution in [1.82, 2.24) is 0 Å². The highest BCUT2D eigenvalue weighted by molar-refractivity contribution is 5.97. The third-order valence-corrected chi connectivity index (χ3v) is 3.59. The summed E-state index contributed by atoms with van der Waals surface area (Å²) in [5, 5.41) is 10.0. The summed E-state index contributed by atoms with van der Waals surface area (Å²) in [6.45, 7) is 8.37. The molecule has 1 aromatic carbocycles. The Morgan fingerprint density at radius 2 is 2.15 bits per heavy atom. The van der Waals surface area contributed by atoms with Crippen molar-refractivity contribution < 1.29 is 9.90 Å². The van der Waals surface area contributed by atoms with E-state index in [0.717, 1.165) is 16.8 Å². The minimum atomic E-state index is 0.144. The number of benzene rings is 1. The Balaban J connectivity index is 2.45. The first kappa shape index (κ1) is 14.4. The molecule has 1 aliphatic heterocycles. The molecule has 106 valence electrons. The molecule has 1 heterocycles. The van der Waals surface area contributed by atoms with E-state index in [4.69, 9.17) is 0 Å². The summed E-state index contributed by atoms with van der Waals surface area (Å²) < 4.78 is 0. The first-order valence-corrected chi connectivity index (χ1v) is 6.93. The van der Waals surface area contributed by atoms with Crippen molar-refractivity contribution in [1.29, 1.82) is 0 Å². The average molecular weight is 271 g/mol. The number of phenolic OH excluding ortho intramolecular Hbond substituents is 1. The molecule has 0 unspecified atom stereocenters. The Kier molecular flexibility index (Phi) is 4.28. The summed E-state index contributed by atoms with van der Waals surface area (Å²) in [6.07, 6.45) is 5.65. The smallest absolute Gasteiger partial charge is 0.227 e. The van der Waals surface area contributed by atoms with Gasteiger partial charge in [-0.15, -0.1) is 6.58 Å². The van der Waals surface area contributed by atoms with Gasteiger partial charge in [0.25, 0.3) is 0 Å². The molecule has 0 saturated carbocycles. The largest absolute Gasteiger partial charge is 0.508 e. The van der Waals surface area contributed by atoms with Crippen molar-refractivity contribution in [2.75, 3.05) is 11.4 Å². The summed E-state index contributed by atoms with van der Waals surface area (Å²) in [4.78, 5) is 13.9. The van der Waals surface area contributed by atoms with Gasteiger partial charge in [-0.25, -0.2) is 0 Å². The van der Waals surface area contributed by atoms with E-state index in [9.17, 15) is 9.90 Å². The fourth-order valence-corrected chi connectivity index (χ4v) is 2.55. The van der Waals surface area contributed by atoms with Gasteiger partial charge in [0.05, 0.1) is 0 Å². The molecule has 0 bridgehead atoms. The molecule has 1 amide bonds. The summed E-state index contributed by atoms with van der Waals surface area (Å²) in [5.74, 6) is 0.436. The van der Waals surface area contributed by atoms with Crippen LogP contribution in [0.15, 0.2) is 36.4 Å². The molecule has 2 rings (SSSR count). The lowest BCUT2D eigenvalue weighted by Gasteiger charge is -2.30. The van der Waals surface area contributed by atoms with Crippen LogP contribution in [0.2, 0.25) is 0 Å². The van der Waals surface area contributed by atoms with E-state index in [1.54, 1.807) is 17.0 Å². The molecule has 0 radical (unpaired) electrons. The van der Waals surface area contributed by atoms with Crippen molar-refractivity contribution in [2.24, 2.45) is 0 Å². The summed E-state index contributed by atoms with van der Waals surface area (Å²) in [5.41, 5.74) is 4.09. The van der Waals surface area contributed by atoms with E-state index in [-0.39, 0.29) is 5.91 Å². The number of rotatable bonds is 4. The van der Waals surface area contributed by atoms with Crippen LogP contribution in [0.5, 0.6) is 5.75 Å². The van der Waals surface area contributed by atoms with Gasteiger partial charge in [0.15, 0.2) is 0 Å². The first-order valence-electron chi connectivity index (χ1n) is 6.93. The number of allylic oxidation sites excluding steroid dienone is 2. The zero-order chi connectivity index (χ0) is 14.7. The number of anilines is 1. The molecule has 0 fully saturated rings. The Morgan fingerprint density at radius 1 is 1.40 bits per heavy atom. The molecular weight excluding hydrogens is 250 g/mol. The van der Waals surface area contributed by atoms with Crippen molar-refractivity contribution >= 4 is 11.6 Å². The zero-order valence-corrected chi connectivity index (χ0v) is 12.1. The van der Waals surface area contributed by atoms with Gasteiger partial charge in [-0.05, 0) is 44.4 Å². The van der Waals surface area contributed by atoms with Gasteiger partial charge in [0.2, 0.25) is 5.91 Å². The van der Waals surface area contributed by atoms with Crippen LogP contribution < -0.4 is 4.90 Å². The lowest BCUT2D eigenvalue weighted by atomic mass is 9.93. The quantitative estimate of drug-likeness (QED) is 0.853. The molecule has 0 spiro atoms. The average Bonchev–Trinajstić information content (AvgIpc) is 2.40. The maximum atomic E-state index is 12.1. The highest BCUT2D eigenvalue weighted by Crippen LogP contribution is 2.35. The molecule has 1 N–H and O–H groups in total. The predicted octanol–water partition coefficient (Wildman–Crippen LogP) is 3.37. The van der Waals surface area contributed by atoms with Gasteiger partial charge >= 0.3 is 0 Å². The van der Waals surface area contributed by atoms with E-state index >= 15 is 0 Å². The highest BCUT2D eigenvalue weighted by atomic mass is 16.3. The van der Waals surface area contributed by atoms with Crippen molar-refractivity contribution in [3.8, 4) is 5.75 Å². The number of carbonyl (C=O) groups is 1. The molecule has 3 nitrogen and oxygen atoms in total. The number of nitrogens with zero attached hydrogens (tertiary/aromatic N) is 1. The van der Waals surface area contributed by atoms with E-state index in [0.29, 0.717) is 31.6 Å². The molecule has 1 aromatic rings. The molecule has 0 atom stereocenters. The Bertz CT molecular complexity index is 569. The van der Waals surface area contributed by atoms with Crippen molar-refractivity contribution in [2.45, 2.75) is 33.1 Å². The maximum Gasteiger partial charge on any atom is 0.227 e. The molecule has 1 aliphatic rings. The number of fused-ring (bicyclic) bond motifs is 1. The van der Waals surface area contributed by atoms with Crippen molar-refractivity contribution in [3.05, 3.63) is 47.6 Å². The summed E-state index contributed by atoms with van der Waals surface area (Å²) >= 11 is 0. The third kappa shape index (κ3) is 2.77. The Morgan fingerprint density at radius 3 is 2.80 bits per heavy atom. The topological polar surface area (TPSA) is 40.5 Å². The zero-order valence-electron chi connectivity index (χ0n) is 12.1. The fraction of sp³-hybridized carbons (Fsp3) is 0.353. The summed E-state index contributed by atoms with van der Waals surface area (Å²) in [7, 11) is 0. The van der Waals surface area contributed by atoms with Crippen LogP contribution in [0.1, 0.15) is 31.4 Å². The molecule has 0 saturated heterocycles. The number of phenols is 1. The van der Waals surface area contributed by atoms with E-state index in [1.807, 2.05) is 26.0 Å². The molecule has 0 aromatic heterocycles. The second-order valence-corrected chi connectivity index (χ2v) is 5.34. The first-order chi connectivity index (χ1) is 9.54. The Hall–Kier alpha value is -2.03. The fourth-order valence-electron chi connectivity index (χ4n) is 2.55.